The van der Waals surface area contributed by atoms with Crippen molar-refractivity contribution in [1.82, 2.24) is 5.32 Å². The van der Waals surface area contributed by atoms with E-state index in [0.717, 1.165) is 0 Å². The van der Waals surface area contributed by atoms with Crippen LogP contribution >= 0.6 is 11.6 Å². The summed E-state index contributed by atoms with van der Waals surface area (Å²) in [6.45, 7) is 2.21. The number of hydrogen-bond donors (Lipinski definition) is 2. The molecule has 2 rings (SSSR count). The molecule has 6 nitrogen and oxygen atoms in total. The molecule has 0 saturated carbocycles. The van der Waals surface area contributed by atoms with Crippen LogP contribution in [0.2, 0.25) is 5.02 Å². The molecule has 1 aliphatic rings. The number of benzene rings is 1. The van der Waals surface area contributed by atoms with Crippen molar-refractivity contribution in [3.63, 3.8) is 0 Å². The molecule has 120 valence electrons. The second-order valence-corrected chi connectivity index (χ2v) is 5.80. The van der Waals surface area contributed by atoms with Crippen LogP contribution in [0.4, 0.5) is 0 Å². The number of carboxylic acids is 1. The van der Waals surface area contributed by atoms with Crippen molar-refractivity contribution < 1.29 is 24.2 Å². The minimum atomic E-state index is -0.978. The number of rotatable bonds is 6. The van der Waals surface area contributed by atoms with E-state index in [1.807, 2.05) is 0 Å². The molecule has 2 unspecified atom stereocenters. The molecule has 0 aliphatic carbocycles. The van der Waals surface area contributed by atoms with Gasteiger partial charge in [0.15, 0.2) is 6.10 Å². The molecule has 0 radical (unpaired) electrons. The Morgan fingerprint density at radius 2 is 2.32 bits per heavy atom. The molecule has 1 fully saturated rings. The number of halogens is 1. The Hall–Kier alpha value is -1.79. The molecule has 7 heteroatoms. The summed E-state index contributed by atoms with van der Waals surface area (Å²) in [5.74, 6) is -0.883. The molecule has 1 amide bonds. The third-order valence-corrected chi connectivity index (χ3v) is 3.69. The Labute approximate surface area is 133 Å². The van der Waals surface area contributed by atoms with E-state index >= 15 is 0 Å². The maximum absolute atomic E-state index is 12.3. The molecule has 1 aliphatic heterocycles. The zero-order valence-electron chi connectivity index (χ0n) is 12.2. The van der Waals surface area contributed by atoms with Gasteiger partial charge in [-0.05, 0) is 31.5 Å². The third-order valence-electron chi connectivity index (χ3n) is 3.46. The highest BCUT2D eigenvalue weighted by Crippen LogP contribution is 2.23. The number of amides is 1. The summed E-state index contributed by atoms with van der Waals surface area (Å²) in [7, 11) is 0. The Morgan fingerprint density at radius 1 is 1.55 bits per heavy atom. The van der Waals surface area contributed by atoms with Crippen LogP contribution in [0.3, 0.4) is 0 Å². The lowest BCUT2D eigenvalue weighted by Crippen LogP contribution is -2.53. The zero-order valence-corrected chi connectivity index (χ0v) is 12.9. The van der Waals surface area contributed by atoms with Crippen LogP contribution in [-0.2, 0) is 14.3 Å². The van der Waals surface area contributed by atoms with E-state index in [1.165, 1.54) is 0 Å². The molecule has 1 heterocycles. The monoisotopic (exact) mass is 327 g/mol. The van der Waals surface area contributed by atoms with Crippen molar-refractivity contribution in [1.29, 1.82) is 0 Å². The highest BCUT2D eigenvalue weighted by atomic mass is 35.5. The van der Waals surface area contributed by atoms with Gasteiger partial charge in [0, 0.05) is 11.6 Å². The van der Waals surface area contributed by atoms with E-state index in [1.54, 1.807) is 31.2 Å². The number of hydrogen-bond acceptors (Lipinski definition) is 4. The average molecular weight is 328 g/mol. The molecule has 2 atom stereocenters. The predicted molar refractivity (Wildman–Crippen MR) is 80.1 cm³/mol. The number of aliphatic carboxylic acids is 1. The van der Waals surface area contributed by atoms with Crippen LogP contribution in [0.15, 0.2) is 24.3 Å². The lowest BCUT2D eigenvalue weighted by Gasteiger charge is -2.28. The summed E-state index contributed by atoms with van der Waals surface area (Å²) in [4.78, 5) is 23.2. The van der Waals surface area contributed by atoms with Gasteiger partial charge in [-0.2, -0.15) is 0 Å². The smallest absolute Gasteiger partial charge is 0.305 e. The Morgan fingerprint density at radius 3 is 2.91 bits per heavy atom. The molecule has 2 N–H and O–H groups in total. The molecule has 1 aromatic carbocycles. The fourth-order valence-electron chi connectivity index (χ4n) is 2.34. The SMILES string of the molecule is CC(Oc1cccc(Cl)c1)C(=O)NC1(CC(=O)O)CCOC1. The van der Waals surface area contributed by atoms with Crippen LogP contribution in [0, 0.1) is 0 Å². The second kappa shape index (κ2) is 6.98. The first-order chi connectivity index (χ1) is 10.4. The highest BCUT2D eigenvalue weighted by molar-refractivity contribution is 6.30. The van der Waals surface area contributed by atoms with Gasteiger partial charge in [0.25, 0.3) is 5.91 Å². The second-order valence-electron chi connectivity index (χ2n) is 5.36. The van der Waals surface area contributed by atoms with E-state index in [9.17, 15) is 9.59 Å². The molecular weight excluding hydrogens is 310 g/mol. The van der Waals surface area contributed by atoms with E-state index in [4.69, 9.17) is 26.2 Å². The number of nitrogens with one attached hydrogen (secondary N) is 1. The van der Waals surface area contributed by atoms with Crippen LogP contribution < -0.4 is 10.1 Å². The molecule has 1 saturated heterocycles. The Balaban J connectivity index is 1.99. The van der Waals surface area contributed by atoms with E-state index in [2.05, 4.69) is 5.32 Å². The van der Waals surface area contributed by atoms with Crippen LogP contribution in [-0.4, -0.2) is 41.8 Å². The fourth-order valence-corrected chi connectivity index (χ4v) is 2.52. The summed E-state index contributed by atoms with van der Waals surface area (Å²) in [6.07, 6.45) is -0.484. The summed E-state index contributed by atoms with van der Waals surface area (Å²) >= 11 is 5.86. The minimum Gasteiger partial charge on any atom is -0.481 e. The molecule has 0 spiro atoms. The number of carbonyl (C=O) groups is 2. The first-order valence-electron chi connectivity index (χ1n) is 6.94. The molecular formula is C15H18ClNO5. The quantitative estimate of drug-likeness (QED) is 0.833. The van der Waals surface area contributed by atoms with Crippen molar-refractivity contribution in [2.24, 2.45) is 0 Å². The summed E-state index contributed by atoms with van der Waals surface area (Å²) in [5, 5.41) is 12.3. The van der Waals surface area contributed by atoms with Gasteiger partial charge >= 0.3 is 5.97 Å². The third kappa shape index (κ3) is 4.35. The van der Waals surface area contributed by atoms with Gasteiger partial charge in [-0.1, -0.05) is 17.7 Å². The van der Waals surface area contributed by atoms with Gasteiger partial charge < -0.3 is 19.9 Å². The van der Waals surface area contributed by atoms with Gasteiger partial charge in [0.05, 0.1) is 18.6 Å². The molecule has 22 heavy (non-hydrogen) atoms. The number of carbonyl (C=O) groups excluding carboxylic acids is 1. The standard InChI is InChI=1S/C15H18ClNO5/c1-10(22-12-4-2-3-11(16)7-12)14(20)17-15(8-13(18)19)5-6-21-9-15/h2-4,7,10H,5-6,8-9H2,1H3,(H,17,20)(H,18,19). The van der Waals surface area contributed by atoms with Gasteiger partial charge in [-0.25, -0.2) is 0 Å². The lowest BCUT2D eigenvalue weighted by atomic mass is 9.94. The Kier molecular flexibility index (Phi) is 5.26. The number of carboxylic acid groups (broad SMARTS) is 1. The van der Waals surface area contributed by atoms with Crippen LogP contribution in [0.5, 0.6) is 5.75 Å². The maximum atomic E-state index is 12.3. The van der Waals surface area contributed by atoms with Gasteiger partial charge in [0.1, 0.15) is 5.75 Å². The normalized spacial score (nSPS) is 22.1. The van der Waals surface area contributed by atoms with Gasteiger partial charge in [0.2, 0.25) is 0 Å². The zero-order chi connectivity index (χ0) is 16.2. The average Bonchev–Trinajstić information content (AvgIpc) is 2.85. The van der Waals surface area contributed by atoms with Gasteiger partial charge in [-0.15, -0.1) is 0 Å². The highest BCUT2D eigenvalue weighted by Gasteiger charge is 2.39. The molecule has 1 aromatic rings. The van der Waals surface area contributed by atoms with E-state index in [0.29, 0.717) is 23.8 Å². The van der Waals surface area contributed by atoms with Gasteiger partial charge in [-0.3, -0.25) is 9.59 Å². The van der Waals surface area contributed by atoms with E-state index < -0.39 is 17.6 Å². The van der Waals surface area contributed by atoms with E-state index in [-0.39, 0.29) is 18.9 Å². The fraction of sp³-hybridized carbons (Fsp3) is 0.467. The Bertz CT molecular complexity index is 557. The summed E-state index contributed by atoms with van der Waals surface area (Å²) in [6, 6.07) is 6.73. The van der Waals surface area contributed by atoms with Crippen molar-refractivity contribution in [3.8, 4) is 5.75 Å². The lowest BCUT2D eigenvalue weighted by molar-refractivity contribution is -0.139. The maximum Gasteiger partial charge on any atom is 0.305 e. The number of ether oxygens (including phenoxy) is 2. The minimum absolute atomic E-state index is 0.178. The van der Waals surface area contributed by atoms with Crippen molar-refractivity contribution >= 4 is 23.5 Å². The van der Waals surface area contributed by atoms with Crippen molar-refractivity contribution in [2.75, 3.05) is 13.2 Å². The predicted octanol–water partition coefficient (Wildman–Crippen LogP) is 1.86. The van der Waals surface area contributed by atoms with Crippen LogP contribution in [0.25, 0.3) is 0 Å². The first kappa shape index (κ1) is 16.6. The van der Waals surface area contributed by atoms with Crippen molar-refractivity contribution in [3.05, 3.63) is 29.3 Å². The molecule has 0 bridgehead atoms. The molecule has 0 aromatic heterocycles. The first-order valence-corrected chi connectivity index (χ1v) is 7.32. The summed E-state index contributed by atoms with van der Waals surface area (Å²) < 4.78 is 10.8. The topological polar surface area (TPSA) is 84.9 Å². The largest absolute Gasteiger partial charge is 0.481 e. The summed E-state index contributed by atoms with van der Waals surface area (Å²) in [5.41, 5.74) is -0.866. The van der Waals surface area contributed by atoms with Crippen LogP contribution in [0.1, 0.15) is 19.8 Å². The van der Waals surface area contributed by atoms with Crippen molar-refractivity contribution in [2.45, 2.75) is 31.4 Å².